The SMILES string of the molecule is CCc1cc(N2CCc3ccccc3C2)nc(N(C)c2ccccc2)n1. The predicted octanol–water partition coefficient (Wildman–Crippen LogP) is 4.37. The van der Waals surface area contributed by atoms with Gasteiger partial charge in [0.2, 0.25) is 5.95 Å². The third-order valence-electron chi connectivity index (χ3n) is 5.01. The standard InChI is InChI=1S/C22H24N4/c1-3-19-15-21(26-14-13-17-9-7-8-10-18(17)16-26)24-22(23-19)25(2)20-11-5-4-6-12-20/h4-12,15H,3,13-14,16H2,1-2H3. The van der Waals surface area contributed by atoms with Crippen LogP contribution in [0, 0.1) is 0 Å². The highest BCUT2D eigenvalue weighted by Crippen LogP contribution is 2.27. The molecule has 2 aromatic carbocycles. The molecule has 26 heavy (non-hydrogen) atoms. The minimum atomic E-state index is 0.754. The molecule has 0 saturated heterocycles. The normalized spacial score (nSPS) is 13.4. The quantitative estimate of drug-likeness (QED) is 0.703. The molecular weight excluding hydrogens is 320 g/mol. The molecule has 0 aliphatic carbocycles. The van der Waals surface area contributed by atoms with Crippen molar-refractivity contribution in [1.82, 2.24) is 9.97 Å². The predicted molar refractivity (Wildman–Crippen MR) is 107 cm³/mol. The Bertz CT molecular complexity index is 892. The first-order valence-corrected chi connectivity index (χ1v) is 9.23. The average molecular weight is 344 g/mol. The third-order valence-corrected chi connectivity index (χ3v) is 5.01. The van der Waals surface area contributed by atoms with Gasteiger partial charge < -0.3 is 9.80 Å². The Labute approximate surface area is 155 Å². The van der Waals surface area contributed by atoms with E-state index in [0.29, 0.717) is 0 Å². The van der Waals surface area contributed by atoms with Gasteiger partial charge in [0.15, 0.2) is 0 Å². The van der Waals surface area contributed by atoms with Crippen molar-refractivity contribution in [3.8, 4) is 0 Å². The molecule has 4 rings (SSSR count). The van der Waals surface area contributed by atoms with Crippen LogP contribution >= 0.6 is 0 Å². The number of hydrogen-bond donors (Lipinski definition) is 0. The van der Waals surface area contributed by atoms with Gasteiger partial charge in [0.25, 0.3) is 0 Å². The highest BCUT2D eigenvalue weighted by Gasteiger charge is 2.19. The third kappa shape index (κ3) is 3.27. The van der Waals surface area contributed by atoms with Gasteiger partial charge in [-0.2, -0.15) is 4.98 Å². The van der Waals surface area contributed by atoms with Gasteiger partial charge in [-0.15, -0.1) is 0 Å². The van der Waals surface area contributed by atoms with Gasteiger partial charge >= 0.3 is 0 Å². The van der Waals surface area contributed by atoms with Gasteiger partial charge in [-0.05, 0) is 36.1 Å². The van der Waals surface area contributed by atoms with E-state index in [1.807, 2.05) is 25.2 Å². The van der Waals surface area contributed by atoms with Gasteiger partial charge in [0.05, 0.1) is 0 Å². The number of hydrogen-bond acceptors (Lipinski definition) is 4. The van der Waals surface area contributed by atoms with E-state index in [-0.39, 0.29) is 0 Å². The van der Waals surface area contributed by atoms with Crippen LogP contribution in [-0.4, -0.2) is 23.6 Å². The van der Waals surface area contributed by atoms with Crippen molar-refractivity contribution in [3.63, 3.8) is 0 Å². The summed E-state index contributed by atoms with van der Waals surface area (Å²) in [5, 5.41) is 0. The zero-order valence-corrected chi connectivity index (χ0v) is 15.4. The summed E-state index contributed by atoms with van der Waals surface area (Å²) in [4.78, 5) is 14.1. The van der Waals surface area contributed by atoms with Crippen LogP contribution in [0.15, 0.2) is 60.7 Å². The monoisotopic (exact) mass is 344 g/mol. The number of aromatic nitrogens is 2. The topological polar surface area (TPSA) is 32.3 Å². The minimum Gasteiger partial charge on any atom is -0.352 e. The lowest BCUT2D eigenvalue weighted by Crippen LogP contribution is -2.31. The molecule has 4 heteroatoms. The first-order chi connectivity index (χ1) is 12.7. The summed E-state index contributed by atoms with van der Waals surface area (Å²) in [7, 11) is 2.03. The lowest BCUT2D eigenvalue weighted by molar-refractivity contribution is 0.717. The van der Waals surface area contributed by atoms with E-state index >= 15 is 0 Å². The fraction of sp³-hybridized carbons (Fsp3) is 0.273. The molecule has 0 spiro atoms. The first kappa shape index (κ1) is 16.6. The summed E-state index contributed by atoms with van der Waals surface area (Å²) in [5.74, 6) is 1.77. The molecule has 1 aliphatic rings. The van der Waals surface area contributed by atoms with Crippen molar-refractivity contribution in [2.75, 3.05) is 23.4 Å². The summed E-state index contributed by atoms with van der Waals surface area (Å²) in [6.07, 6.45) is 1.96. The van der Waals surface area contributed by atoms with Crippen LogP contribution in [-0.2, 0) is 19.4 Å². The van der Waals surface area contributed by atoms with Crippen LogP contribution < -0.4 is 9.80 Å². The molecule has 1 aromatic heterocycles. The van der Waals surface area contributed by atoms with Crippen molar-refractivity contribution in [1.29, 1.82) is 0 Å². The number of para-hydroxylation sites is 1. The van der Waals surface area contributed by atoms with Crippen LogP contribution in [0.4, 0.5) is 17.5 Å². The van der Waals surface area contributed by atoms with E-state index in [0.717, 1.165) is 49.1 Å². The molecule has 2 heterocycles. The zero-order chi connectivity index (χ0) is 17.9. The minimum absolute atomic E-state index is 0.754. The Balaban J connectivity index is 1.67. The lowest BCUT2D eigenvalue weighted by atomic mass is 10.00. The second-order valence-electron chi connectivity index (χ2n) is 6.71. The Morgan fingerprint density at radius 1 is 0.962 bits per heavy atom. The van der Waals surface area contributed by atoms with Crippen molar-refractivity contribution < 1.29 is 0 Å². The lowest BCUT2D eigenvalue weighted by Gasteiger charge is -2.30. The number of fused-ring (bicyclic) bond motifs is 1. The molecule has 0 saturated carbocycles. The van der Waals surface area contributed by atoms with E-state index in [1.54, 1.807) is 0 Å². The van der Waals surface area contributed by atoms with E-state index in [2.05, 4.69) is 59.2 Å². The number of anilines is 3. The van der Waals surface area contributed by atoms with E-state index in [9.17, 15) is 0 Å². The maximum atomic E-state index is 4.89. The number of benzene rings is 2. The fourth-order valence-electron chi connectivity index (χ4n) is 3.42. The molecule has 3 aromatic rings. The van der Waals surface area contributed by atoms with Crippen LogP contribution in [0.25, 0.3) is 0 Å². The molecule has 0 radical (unpaired) electrons. The van der Waals surface area contributed by atoms with Crippen molar-refractivity contribution in [3.05, 3.63) is 77.5 Å². The Kier molecular flexibility index (Phi) is 4.57. The first-order valence-electron chi connectivity index (χ1n) is 9.23. The maximum Gasteiger partial charge on any atom is 0.231 e. The summed E-state index contributed by atoms with van der Waals surface area (Å²) in [6, 6.07) is 21.1. The second-order valence-corrected chi connectivity index (χ2v) is 6.71. The van der Waals surface area contributed by atoms with Gasteiger partial charge in [0, 0.05) is 37.6 Å². The number of nitrogens with zero attached hydrogens (tertiary/aromatic N) is 4. The maximum absolute atomic E-state index is 4.89. The second kappa shape index (κ2) is 7.16. The molecular formula is C22H24N4. The van der Waals surface area contributed by atoms with E-state index < -0.39 is 0 Å². The summed E-state index contributed by atoms with van der Waals surface area (Å²) >= 11 is 0. The van der Waals surface area contributed by atoms with Gasteiger partial charge in [-0.25, -0.2) is 4.98 Å². The Hall–Kier alpha value is -2.88. The van der Waals surface area contributed by atoms with E-state index in [1.165, 1.54) is 11.1 Å². The van der Waals surface area contributed by atoms with Crippen LogP contribution in [0.5, 0.6) is 0 Å². The summed E-state index contributed by atoms with van der Waals surface area (Å²) in [5.41, 5.74) is 5.02. The average Bonchev–Trinajstić information content (AvgIpc) is 2.73. The van der Waals surface area contributed by atoms with Crippen molar-refractivity contribution >= 4 is 17.5 Å². The summed E-state index contributed by atoms with van der Waals surface area (Å²) in [6.45, 7) is 4.04. The molecule has 0 atom stereocenters. The molecule has 4 nitrogen and oxygen atoms in total. The number of rotatable bonds is 4. The molecule has 0 N–H and O–H groups in total. The highest BCUT2D eigenvalue weighted by atomic mass is 15.3. The smallest absolute Gasteiger partial charge is 0.231 e. The van der Waals surface area contributed by atoms with Gasteiger partial charge in [0.1, 0.15) is 5.82 Å². The zero-order valence-electron chi connectivity index (χ0n) is 15.4. The van der Waals surface area contributed by atoms with Gasteiger partial charge in [-0.3, -0.25) is 0 Å². The van der Waals surface area contributed by atoms with Crippen LogP contribution in [0.2, 0.25) is 0 Å². The largest absolute Gasteiger partial charge is 0.352 e. The summed E-state index contributed by atoms with van der Waals surface area (Å²) < 4.78 is 0. The molecule has 0 amide bonds. The Morgan fingerprint density at radius 3 is 2.46 bits per heavy atom. The fourth-order valence-corrected chi connectivity index (χ4v) is 3.42. The molecule has 0 bridgehead atoms. The number of aryl methyl sites for hydroxylation is 1. The molecule has 0 fully saturated rings. The van der Waals surface area contributed by atoms with E-state index in [4.69, 9.17) is 9.97 Å². The highest BCUT2D eigenvalue weighted by molar-refractivity contribution is 5.58. The van der Waals surface area contributed by atoms with Crippen LogP contribution in [0.3, 0.4) is 0 Å². The molecule has 0 unspecified atom stereocenters. The molecule has 132 valence electrons. The van der Waals surface area contributed by atoms with Crippen molar-refractivity contribution in [2.24, 2.45) is 0 Å². The van der Waals surface area contributed by atoms with Crippen LogP contribution in [0.1, 0.15) is 23.7 Å². The Morgan fingerprint density at radius 2 is 1.69 bits per heavy atom. The van der Waals surface area contributed by atoms with Crippen molar-refractivity contribution in [2.45, 2.75) is 26.3 Å². The van der Waals surface area contributed by atoms with Gasteiger partial charge in [-0.1, -0.05) is 49.4 Å². The molecule has 1 aliphatic heterocycles.